The van der Waals surface area contributed by atoms with E-state index >= 15 is 0 Å². The van der Waals surface area contributed by atoms with E-state index in [-0.39, 0.29) is 12.3 Å². The van der Waals surface area contributed by atoms with Crippen LogP contribution in [0.4, 0.5) is 0 Å². The summed E-state index contributed by atoms with van der Waals surface area (Å²) in [4.78, 5) is 12.5. The molecule has 1 unspecified atom stereocenters. The van der Waals surface area contributed by atoms with Crippen LogP contribution in [0.1, 0.15) is 97.8 Å². The van der Waals surface area contributed by atoms with Crippen molar-refractivity contribution >= 4 is 5.97 Å². The zero-order valence-electron chi connectivity index (χ0n) is 16.1. The van der Waals surface area contributed by atoms with Crippen LogP contribution in [0.15, 0.2) is 0 Å². The molecule has 0 aromatic rings. The number of rotatable bonds is 8. The molecule has 0 heterocycles. The third-order valence-corrected chi connectivity index (χ3v) is 6.23. The van der Waals surface area contributed by atoms with E-state index in [0.29, 0.717) is 5.92 Å². The van der Waals surface area contributed by atoms with Crippen molar-refractivity contribution in [3.63, 3.8) is 0 Å². The first-order chi connectivity index (χ1) is 11.5. The highest BCUT2D eigenvalue weighted by Crippen LogP contribution is 2.32. The summed E-state index contributed by atoms with van der Waals surface area (Å²) < 4.78 is 12.0. The maximum Gasteiger partial charge on any atom is 0.313 e. The highest BCUT2D eigenvalue weighted by Gasteiger charge is 2.33. The van der Waals surface area contributed by atoms with Gasteiger partial charge in [0.1, 0.15) is 0 Å². The summed E-state index contributed by atoms with van der Waals surface area (Å²) >= 11 is 0. The second-order valence-electron chi connectivity index (χ2n) is 8.57. The van der Waals surface area contributed by atoms with Crippen molar-refractivity contribution in [2.24, 2.45) is 17.3 Å². The van der Waals surface area contributed by atoms with Crippen molar-refractivity contribution in [1.82, 2.24) is 0 Å². The lowest BCUT2D eigenvalue weighted by Gasteiger charge is -2.33. The predicted molar refractivity (Wildman–Crippen MR) is 97.7 cm³/mol. The SMILES string of the molecule is CCC(C)(C)C(=O)OC(OCCC1CCCCC1)C1CCCCC1. The fraction of sp³-hybridized carbons (Fsp3) is 0.952. The molecule has 1 atom stereocenters. The van der Waals surface area contributed by atoms with E-state index in [1.54, 1.807) is 0 Å². The summed E-state index contributed by atoms with van der Waals surface area (Å²) in [5.74, 6) is 1.11. The third kappa shape index (κ3) is 6.06. The molecule has 0 N–H and O–H groups in total. The molecule has 2 aliphatic carbocycles. The summed E-state index contributed by atoms with van der Waals surface area (Å²) in [5, 5.41) is 0. The summed E-state index contributed by atoms with van der Waals surface area (Å²) in [7, 11) is 0. The van der Waals surface area contributed by atoms with Crippen molar-refractivity contribution in [2.75, 3.05) is 6.61 Å². The Morgan fingerprint density at radius 1 is 1.00 bits per heavy atom. The molecule has 0 amide bonds. The minimum atomic E-state index is -0.417. The molecule has 0 radical (unpaired) electrons. The van der Waals surface area contributed by atoms with E-state index in [4.69, 9.17) is 9.47 Å². The number of hydrogen-bond acceptors (Lipinski definition) is 3. The molecular weight excluding hydrogens is 300 g/mol. The smallest absolute Gasteiger partial charge is 0.313 e. The van der Waals surface area contributed by atoms with Crippen LogP contribution in [0, 0.1) is 17.3 Å². The maximum atomic E-state index is 12.5. The standard InChI is InChI=1S/C21H38O3/c1-4-21(2,3)20(22)24-19(18-13-9-6-10-14-18)23-16-15-17-11-7-5-8-12-17/h17-19H,4-16H2,1-3H3. The highest BCUT2D eigenvalue weighted by atomic mass is 16.7. The second-order valence-corrected chi connectivity index (χ2v) is 8.57. The molecule has 0 spiro atoms. The highest BCUT2D eigenvalue weighted by molar-refractivity contribution is 5.75. The summed E-state index contributed by atoms with van der Waals surface area (Å²) in [5.41, 5.74) is -0.417. The summed E-state index contributed by atoms with van der Waals surface area (Å²) in [6, 6.07) is 0. The molecule has 3 heteroatoms. The Hall–Kier alpha value is -0.570. The minimum Gasteiger partial charge on any atom is -0.435 e. The van der Waals surface area contributed by atoms with Crippen LogP contribution >= 0.6 is 0 Å². The average Bonchev–Trinajstić information content (AvgIpc) is 2.62. The molecule has 2 aliphatic rings. The maximum absolute atomic E-state index is 12.5. The van der Waals surface area contributed by atoms with E-state index in [9.17, 15) is 4.79 Å². The molecule has 2 fully saturated rings. The molecule has 2 saturated carbocycles. The molecule has 2 rings (SSSR count). The van der Waals surface area contributed by atoms with Gasteiger partial charge in [0.25, 0.3) is 0 Å². The van der Waals surface area contributed by atoms with Gasteiger partial charge in [-0.2, -0.15) is 0 Å². The molecule has 0 aromatic heterocycles. The summed E-state index contributed by atoms with van der Waals surface area (Å²) in [6.45, 7) is 6.72. The average molecular weight is 339 g/mol. The molecular formula is C21H38O3. The normalized spacial score (nSPS) is 22.3. The first kappa shape index (κ1) is 19.8. The van der Waals surface area contributed by atoms with Crippen molar-refractivity contribution < 1.29 is 14.3 Å². The Kier molecular flexibility index (Phi) is 8.06. The zero-order chi connectivity index (χ0) is 17.4. The quantitative estimate of drug-likeness (QED) is 0.411. The van der Waals surface area contributed by atoms with Crippen LogP contribution in [-0.4, -0.2) is 18.9 Å². The van der Waals surface area contributed by atoms with Gasteiger partial charge in [-0.25, -0.2) is 0 Å². The van der Waals surface area contributed by atoms with Gasteiger partial charge in [-0.15, -0.1) is 0 Å². The summed E-state index contributed by atoms with van der Waals surface area (Å²) in [6.07, 6.45) is 14.5. The van der Waals surface area contributed by atoms with Gasteiger partial charge in [-0.1, -0.05) is 58.3 Å². The topological polar surface area (TPSA) is 35.5 Å². The van der Waals surface area contributed by atoms with Crippen LogP contribution in [0.2, 0.25) is 0 Å². The molecule has 140 valence electrons. The van der Waals surface area contributed by atoms with Gasteiger partial charge in [0.2, 0.25) is 6.29 Å². The van der Waals surface area contributed by atoms with Gasteiger partial charge in [0.15, 0.2) is 0 Å². The van der Waals surface area contributed by atoms with E-state index in [1.165, 1.54) is 51.4 Å². The Morgan fingerprint density at radius 3 is 2.17 bits per heavy atom. The van der Waals surface area contributed by atoms with Gasteiger partial charge >= 0.3 is 5.97 Å². The van der Waals surface area contributed by atoms with Crippen molar-refractivity contribution in [3.8, 4) is 0 Å². The van der Waals surface area contributed by atoms with Crippen LogP contribution in [0.5, 0.6) is 0 Å². The Labute approximate surface area is 148 Å². The minimum absolute atomic E-state index is 0.0989. The number of carbonyl (C=O) groups excluding carboxylic acids is 1. The Morgan fingerprint density at radius 2 is 1.58 bits per heavy atom. The van der Waals surface area contributed by atoms with Crippen molar-refractivity contribution in [1.29, 1.82) is 0 Å². The van der Waals surface area contributed by atoms with Crippen LogP contribution < -0.4 is 0 Å². The van der Waals surface area contributed by atoms with Gasteiger partial charge in [-0.05, 0) is 45.4 Å². The van der Waals surface area contributed by atoms with E-state index in [2.05, 4.69) is 0 Å². The van der Waals surface area contributed by atoms with Crippen molar-refractivity contribution in [2.45, 2.75) is 104 Å². The number of carbonyl (C=O) groups is 1. The fourth-order valence-electron chi connectivity index (χ4n) is 3.91. The lowest BCUT2D eigenvalue weighted by atomic mass is 9.87. The van der Waals surface area contributed by atoms with E-state index in [1.807, 2.05) is 20.8 Å². The van der Waals surface area contributed by atoms with Gasteiger partial charge in [-0.3, -0.25) is 4.79 Å². The number of ether oxygens (including phenoxy) is 2. The van der Waals surface area contributed by atoms with Crippen LogP contribution in [0.25, 0.3) is 0 Å². The lowest BCUT2D eigenvalue weighted by Crippen LogP contribution is -2.36. The second kappa shape index (κ2) is 9.79. The van der Waals surface area contributed by atoms with E-state index < -0.39 is 5.41 Å². The van der Waals surface area contributed by atoms with E-state index in [0.717, 1.165) is 38.2 Å². The Balaban J connectivity index is 1.85. The molecule has 0 bridgehead atoms. The van der Waals surface area contributed by atoms with Crippen molar-refractivity contribution in [3.05, 3.63) is 0 Å². The molecule has 24 heavy (non-hydrogen) atoms. The third-order valence-electron chi connectivity index (χ3n) is 6.23. The largest absolute Gasteiger partial charge is 0.435 e. The zero-order valence-corrected chi connectivity index (χ0v) is 16.1. The van der Waals surface area contributed by atoms with Gasteiger partial charge in [0.05, 0.1) is 12.0 Å². The fourth-order valence-corrected chi connectivity index (χ4v) is 3.91. The molecule has 0 saturated heterocycles. The first-order valence-corrected chi connectivity index (χ1v) is 10.4. The first-order valence-electron chi connectivity index (χ1n) is 10.4. The molecule has 0 aliphatic heterocycles. The van der Waals surface area contributed by atoms with Gasteiger partial charge in [0, 0.05) is 5.92 Å². The van der Waals surface area contributed by atoms with Crippen LogP contribution in [-0.2, 0) is 14.3 Å². The monoisotopic (exact) mass is 338 g/mol. The van der Waals surface area contributed by atoms with Gasteiger partial charge < -0.3 is 9.47 Å². The lowest BCUT2D eigenvalue weighted by molar-refractivity contribution is -0.204. The number of esters is 1. The molecule has 3 nitrogen and oxygen atoms in total. The predicted octanol–water partition coefficient (Wildman–Crippen LogP) is 5.86. The molecule has 0 aromatic carbocycles. The Bertz CT molecular complexity index is 365. The van der Waals surface area contributed by atoms with Crippen LogP contribution in [0.3, 0.4) is 0 Å². The number of hydrogen-bond donors (Lipinski definition) is 0.